The van der Waals surface area contributed by atoms with E-state index in [4.69, 9.17) is 4.74 Å². The highest BCUT2D eigenvalue weighted by Crippen LogP contribution is 2.15. The molecule has 0 aliphatic rings. The van der Waals surface area contributed by atoms with E-state index in [9.17, 15) is 9.90 Å². The molecule has 0 spiro atoms. The van der Waals surface area contributed by atoms with Gasteiger partial charge in [-0.3, -0.25) is 9.69 Å². The molecule has 1 N–H and O–H groups in total. The highest BCUT2D eigenvalue weighted by atomic mass is 16.5. The van der Waals surface area contributed by atoms with Crippen molar-refractivity contribution in [3.8, 4) is 0 Å². The number of unbranched alkanes of at least 4 members (excludes halogenated alkanes) is 29. The maximum absolute atomic E-state index is 12.1. The maximum atomic E-state index is 12.1. The molecule has 0 aliphatic carbocycles. The number of carbonyl (C=O) groups is 1. The Balaban J connectivity index is 3.45. The first-order chi connectivity index (χ1) is 21.7. The van der Waals surface area contributed by atoms with Gasteiger partial charge in [0.05, 0.1) is 6.61 Å². The number of hydrogen-bond acceptors (Lipinski definition) is 4. The summed E-state index contributed by atoms with van der Waals surface area (Å²) in [6, 6.07) is 0. The number of rotatable bonds is 38. The van der Waals surface area contributed by atoms with Gasteiger partial charge in [-0.2, -0.15) is 0 Å². The Hall–Kier alpha value is -0.610. The van der Waals surface area contributed by atoms with Crippen LogP contribution in [-0.2, 0) is 9.53 Å². The molecule has 0 bridgehead atoms. The molecule has 0 unspecified atom stereocenters. The van der Waals surface area contributed by atoms with E-state index < -0.39 is 0 Å². The standard InChI is InChI=1S/C40H81NO3/c1-3-5-7-9-11-13-15-17-19-20-21-22-24-26-28-30-32-34-40(43)44-39-37-41(36-38-42)35-33-31-29-27-25-23-18-16-14-12-10-8-6-4-2/h42H,3-39H2,1-2H3. The fourth-order valence-electron chi connectivity index (χ4n) is 6.36. The number of esters is 1. The smallest absolute Gasteiger partial charge is 0.305 e. The molecule has 4 nitrogen and oxygen atoms in total. The summed E-state index contributed by atoms with van der Waals surface area (Å²) in [6.45, 7) is 7.61. The van der Waals surface area contributed by atoms with Crippen LogP contribution in [0.5, 0.6) is 0 Å². The van der Waals surface area contributed by atoms with Gasteiger partial charge in [0.15, 0.2) is 0 Å². The lowest BCUT2D eigenvalue weighted by molar-refractivity contribution is -0.144. The Morgan fingerprint density at radius 1 is 0.432 bits per heavy atom. The van der Waals surface area contributed by atoms with E-state index >= 15 is 0 Å². The molecule has 0 saturated carbocycles. The van der Waals surface area contributed by atoms with E-state index in [1.54, 1.807) is 0 Å². The fourth-order valence-corrected chi connectivity index (χ4v) is 6.36. The molecule has 0 aromatic rings. The Morgan fingerprint density at radius 3 is 1.09 bits per heavy atom. The SMILES string of the molecule is CCCCCCCCCCCCCCCCCCCC(=O)OCCN(CCO)CCCCCCCCCCCCCCCC. The summed E-state index contributed by atoms with van der Waals surface area (Å²) < 4.78 is 5.51. The molecule has 4 heteroatoms. The minimum Gasteiger partial charge on any atom is -0.464 e. The summed E-state index contributed by atoms with van der Waals surface area (Å²) in [7, 11) is 0. The van der Waals surface area contributed by atoms with Crippen molar-refractivity contribution in [2.45, 2.75) is 219 Å². The molecular formula is C40H81NO3. The zero-order valence-corrected chi connectivity index (χ0v) is 30.4. The van der Waals surface area contributed by atoms with Crippen LogP contribution in [0.25, 0.3) is 0 Å². The first-order valence-electron chi connectivity index (χ1n) is 20.2. The van der Waals surface area contributed by atoms with Crippen molar-refractivity contribution in [1.29, 1.82) is 0 Å². The van der Waals surface area contributed by atoms with Gasteiger partial charge in [-0.05, 0) is 19.4 Å². The highest BCUT2D eigenvalue weighted by Gasteiger charge is 2.07. The quantitative estimate of drug-likeness (QED) is 0.0549. The lowest BCUT2D eigenvalue weighted by Gasteiger charge is -2.21. The molecule has 0 aliphatic heterocycles. The second kappa shape index (κ2) is 38.6. The van der Waals surface area contributed by atoms with E-state index in [1.807, 2.05) is 0 Å². The van der Waals surface area contributed by atoms with Gasteiger partial charge in [-0.15, -0.1) is 0 Å². The van der Waals surface area contributed by atoms with E-state index in [1.165, 1.54) is 186 Å². The third kappa shape index (κ3) is 35.9. The van der Waals surface area contributed by atoms with Gasteiger partial charge in [0.1, 0.15) is 6.61 Å². The van der Waals surface area contributed by atoms with E-state index in [-0.39, 0.29) is 12.6 Å². The topological polar surface area (TPSA) is 49.8 Å². The van der Waals surface area contributed by atoms with Crippen molar-refractivity contribution in [2.75, 3.05) is 32.8 Å². The molecule has 0 heterocycles. The average molecular weight is 624 g/mol. The molecule has 0 radical (unpaired) electrons. The van der Waals surface area contributed by atoms with Gasteiger partial charge >= 0.3 is 5.97 Å². The van der Waals surface area contributed by atoms with Crippen LogP contribution < -0.4 is 0 Å². The monoisotopic (exact) mass is 624 g/mol. The summed E-state index contributed by atoms with van der Waals surface area (Å²) in [5.41, 5.74) is 0. The second-order valence-corrected chi connectivity index (χ2v) is 13.8. The van der Waals surface area contributed by atoms with Crippen LogP contribution >= 0.6 is 0 Å². The number of aliphatic hydroxyl groups excluding tert-OH is 1. The number of ether oxygens (including phenoxy) is 1. The van der Waals surface area contributed by atoms with Crippen molar-refractivity contribution in [3.63, 3.8) is 0 Å². The molecule has 0 amide bonds. The van der Waals surface area contributed by atoms with Gasteiger partial charge < -0.3 is 9.84 Å². The average Bonchev–Trinajstić information content (AvgIpc) is 3.02. The Bertz CT molecular complexity index is 541. The molecule has 0 saturated heterocycles. The molecule has 44 heavy (non-hydrogen) atoms. The van der Waals surface area contributed by atoms with Crippen LogP contribution in [0.1, 0.15) is 219 Å². The van der Waals surface area contributed by atoms with Crippen molar-refractivity contribution in [1.82, 2.24) is 4.90 Å². The maximum Gasteiger partial charge on any atom is 0.305 e. The van der Waals surface area contributed by atoms with Gasteiger partial charge in [0.25, 0.3) is 0 Å². The molecule has 0 rings (SSSR count). The minimum absolute atomic E-state index is 0.0496. The highest BCUT2D eigenvalue weighted by molar-refractivity contribution is 5.69. The summed E-state index contributed by atoms with van der Waals surface area (Å²) in [5.74, 6) is -0.0496. The predicted molar refractivity (Wildman–Crippen MR) is 194 cm³/mol. The third-order valence-electron chi connectivity index (χ3n) is 9.40. The van der Waals surface area contributed by atoms with Gasteiger partial charge in [-0.25, -0.2) is 0 Å². The molecular weight excluding hydrogens is 542 g/mol. The fraction of sp³-hybridized carbons (Fsp3) is 0.975. The number of carbonyl (C=O) groups excluding carboxylic acids is 1. The van der Waals surface area contributed by atoms with Crippen LogP contribution in [0.3, 0.4) is 0 Å². The van der Waals surface area contributed by atoms with Gasteiger partial charge in [0.2, 0.25) is 0 Å². The number of hydrogen-bond donors (Lipinski definition) is 1. The first-order valence-corrected chi connectivity index (χ1v) is 20.2. The van der Waals surface area contributed by atoms with Crippen molar-refractivity contribution in [3.05, 3.63) is 0 Å². The Morgan fingerprint density at radius 2 is 0.750 bits per heavy atom. The molecule has 0 fully saturated rings. The first kappa shape index (κ1) is 43.4. The molecule has 0 aromatic carbocycles. The molecule has 0 atom stereocenters. The van der Waals surface area contributed by atoms with Crippen molar-refractivity contribution in [2.24, 2.45) is 0 Å². The lowest BCUT2D eigenvalue weighted by atomic mass is 10.0. The summed E-state index contributed by atoms with van der Waals surface area (Å²) in [6.07, 6.45) is 42.8. The van der Waals surface area contributed by atoms with E-state index in [2.05, 4.69) is 18.7 Å². The zero-order valence-electron chi connectivity index (χ0n) is 30.4. The summed E-state index contributed by atoms with van der Waals surface area (Å²) in [5, 5.41) is 9.43. The van der Waals surface area contributed by atoms with Gasteiger partial charge in [-0.1, -0.05) is 200 Å². The Kier molecular flexibility index (Phi) is 38.0. The largest absolute Gasteiger partial charge is 0.464 e. The normalized spacial score (nSPS) is 11.5. The zero-order chi connectivity index (χ0) is 32.0. The van der Waals surface area contributed by atoms with Crippen molar-refractivity contribution < 1.29 is 14.6 Å². The summed E-state index contributed by atoms with van der Waals surface area (Å²) >= 11 is 0. The van der Waals surface area contributed by atoms with Crippen LogP contribution in [0.2, 0.25) is 0 Å². The third-order valence-corrected chi connectivity index (χ3v) is 9.40. The predicted octanol–water partition coefficient (Wildman–Crippen LogP) is 12.3. The second-order valence-electron chi connectivity index (χ2n) is 13.8. The van der Waals surface area contributed by atoms with E-state index in [0.29, 0.717) is 19.6 Å². The van der Waals surface area contributed by atoms with Crippen LogP contribution in [0.15, 0.2) is 0 Å². The van der Waals surface area contributed by atoms with E-state index in [0.717, 1.165) is 25.9 Å². The Labute approximate surface area is 277 Å². The van der Waals surface area contributed by atoms with Gasteiger partial charge in [0, 0.05) is 19.5 Å². The minimum atomic E-state index is -0.0496. The summed E-state index contributed by atoms with van der Waals surface area (Å²) in [4.78, 5) is 14.4. The van der Waals surface area contributed by atoms with Crippen molar-refractivity contribution >= 4 is 5.97 Å². The number of nitrogens with zero attached hydrogens (tertiary/aromatic N) is 1. The molecule has 264 valence electrons. The van der Waals surface area contributed by atoms with Crippen LogP contribution in [0, 0.1) is 0 Å². The van der Waals surface area contributed by atoms with Crippen LogP contribution in [0.4, 0.5) is 0 Å². The number of aliphatic hydroxyl groups is 1. The lowest BCUT2D eigenvalue weighted by Crippen LogP contribution is -2.32. The van der Waals surface area contributed by atoms with Crippen LogP contribution in [-0.4, -0.2) is 48.8 Å². The molecule has 0 aromatic heterocycles.